The molecule has 3 heterocycles. The highest BCUT2D eigenvalue weighted by atomic mass is 16.1. The molecule has 0 bridgehead atoms. The second kappa shape index (κ2) is 6.70. The first-order valence-electron chi connectivity index (χ1n) is 7.68. The van der Waals surface area contributed by atoms with Crippen LogP contribution in [0.3, 0.4) is 0 Å². The van der Waals surface area contributed by atoms with Crippen LogP contribution in [0.25, 0.3) is 0 Å². The molecule has 0 radical (unpaired) electrons. The van der Waals surface area contributed by atoms with Crippen LogP contribution < -0.4 is 11.1 Å². The van der Waals surface area contributed by atoms with Crippen LogP contribution >= 0.6 is 0 Å². The lowest BCUT2D eigenvalue weighted by molar-refractivity contribution is -0.119. The highest BCUT2D eigenvalue weighted by Crippen LogP contribution is 2.31. The molecule has 23 heavy (non-hydrogen) atoms. The average molecular weight is 312 g/mol. The van der Waals surface area contributed by atoms with Crippen LogP contribution in [0.1, 0.15) is 30.4 Å². The molecular formula is C16H20N6O. The van der Waals surface area contributed by atoms with Gasteiger partial charge in [-0.25, -0.2) is 15.0 Å². The summed E-state index contributed by atoms with van der Waals surface area (Å²) in [7, 11) is 0. The number of carbonyl (C=O) groups excluding carboxylic acids is 1. The molecule has 1 fully saturated rings. The topological polar surface area (TPSA) is 97.0 Å². The van der Waals surface area contributed by atoms with Gasteiger partial charge in [-0.1, -0.05) is 6.07 Å². The number of nitrogens with one attached hydrogen (secondary N) is 1. The molecule has 1 atom stereocenters. The predicted molar refractivity (Wildman–Crippen MR) is 87.0 cm³/mol. The van der Waals surface area contributed by atoms with Gasteiger partial charge in [0, 0.05) is 12.3 Å². The Hall–Kier alpha value is -2.54. The van der Waals surface area contributed by atoms with E-state index in [-0.39, 0.29) is 18.5 Å². The summed E-state index contributed by atoms with van der Waals surface area (Å²) in [5.41, 5.74) is 6.25. The number of rotatable bonds is 5. The van der Waals surface area contributed by atoms with Crippen LogP contribution in [0.2, 0.25) is 0 Å². The zero-order chi connectivity index (χ0) is 16.2. The maximum atomic E-state index is 11.2. The summed E-state index contributed by atoms with van der Waals surface area (Å²) in [6.45, 7) is 2.98. The van der Waals surface area contributed by atoms with Crippen molar-refractivity contribution in [1.82, 2.24) is 19.9 Å². The largest absolute Gasteiger partial charge is 0.369 e. The van der Waals surface area contributed by atoms with E-state index in [1.54, 1.807) is 6.20 Å². The van der Waals surface area contributed by atoms with Crippen molar-refractivity contribution in [2.45, 2.75) is 25.8 Å². The Bertz CT molecular complexity index is 690. The molecule has 2 aromatic rings. The SMILES string of the molecule is Cc1nc(Nc2ccccn2)cc([C@@H]2CCCN2CC(N)=O)n1. The van der Waals surface area contributed by atoms with Gasteiger partial charge in [0.25, 0.3) is 0 Å². The fraction of sp³-hybridized carbons (Fsp3) is 0.375. The molecule has 1 aliphatic rings. The van der Waals surface area contributed by atoms with Crippen molar-refractivity contribution >= 4 is 17.5 Å². The van der Waals surface area contributed by atoms with Crippen LogP contribution in [0.15, 0.2) is 30.5 Å². The second-order valence-corrected chi connectivity index (χ2v) is 5.66. The smallest absolute Gasteiger partial charge is 0.231 e. The highest BCUT2D eigenvalue weighted by Gasteiger charge is 2.28. The molecule has 1 saturated heterocycles. The van der Waals surface area contributed by atoms with Crippen LogP contribution in [0.5, 0.6) is 0 Å². The number of nitrogens with two attached hydrogens (primary N) is 1. The van der Waals surface area contributed by atoms with Crippen LogP contribution in [-0.2, 0) is 4.79 Å². The van der Waals surface area contributed by atoms with E-state index in [0.29, 0.717) is 11.6 Å². The van der Waals surface area contributed by atoms with Crippen molar-refractivity contribution in [3.63, 3.8) is 0 Å². The number of pyridine rings is 1. The third kappa shape index (κ3) is 3.81. The molecule has 1 aliphatic heterocycles. The number of primary amides is 1. The van der Waals surface area contributed by atoms with Crippen LogP contribution in [0.4, 0.5) is 11.6 Å². The number of aromatic nitrogens is 3. The van der Waals surface area contributed by atoms with Gasteiger partial charge >= 0.3 is 0 Å². The first-order valence-corrected chi connectivity index (χ1v) is 7.68. The summed E-state index contributed by atoms with van der Waals surface area (Å²) in [6.07, 6.45) is 3.72. The number of hydrogen-bond donors (Lipinski definition) is 2. The zero-order valence-corrected chi connectivity index (χ0v) is 13.1. The molecule has 7 heteroatoms. The Kier molecular flexibility index (Phi) is 4.47. The number of anilines is 2. The standard InChI is InChI=1S/C16H20N6O/c1-11-19-12(13-5-4-8-22(13)10-14(17)23)9-16(20-11)21-15-6-2-3-7-18-15/h2-3,6-7,9,13H,4-5,8,10H2,1H3,(H2,17,23)(H,18,19,20,21)/t13-/m0/s1. The fourth-order valence-electron chi connectivity index (χ4n) is 2.94. The highest BCUT2D eigenvalue weighted by molar-refractivity contribution is 5.76. The number of likely N-dealkylation sites (tertiary alicyclic amines) is 1. The number of hydrogen-bond acceptors (Lipinski definition) is 6. The van der Waals surface area contributed by atoms with Crippen molar-refractivity contribution < 1.29 is 4.79 Å². The molecule has 1 amide bonds. The lowest BCUT2D eigenvalue weighted by Gasteiger charge is -2.23. The van der Waals surface area contributed by atoms with Gasteiger partial charge in [-0.05, 0) is 38.4 Å². The summed E-state index contributed by atoms with van der Waals surface area (Å²) in [5.74, 6) is 1.82. The van der Waals surface area contributed by atoms with Crippen molar-refractivity contribution in [3.8, 4) is 0 Å². The second-order valence-electron chi connectivity index (χ2n) is 5.66. The molecule has 0 aromatic carbocycles. The minimum Gasteiger partial charge on any atom is -0.369 e. The molecule has 3 N–H and O–H groups in total. The van der Waals surface area contributed by atoms with E-state index in [0.717, 1.165) is 30.9 Å². The third-order valence-corrected chi connectivity index (χ3v) is 3.84. The van der Waals surface area contributed by atoms with E-state index < -0.39 is 0 Å². The van der Waals surface area contributed by atoms with Gasteiger partial charge in [0.05, 0.1) is 18.3 Å². The molecule has 3 rings (SSSR count). The molecule has 120 valence electrons. The van der Waals surface area contributed by atoms with E-state index >= 15 is 0 Å². The van der Waals surface area contributed by atoms with Gasteiger partial charge in [0.15, 0.2) is 0 Å². The molecule has 0 aliphatic carbocycles. The van der Waals surface area contributed by atoms with E-state index in [1.807, 2.05) is 31.2 Å². The molecule has 0 unspecified atom stereocenters. The molecule has 0 saturated carbocycles. The monoisotopic (exact) mass is 312 g/mol. The third-order valence-electron chi connectivity index (χ3n) is 3.84. The van der Waals surface area contributed by atoms with Crippen molar-refractivity contribution in [3.05, 3.63) is 42.0 Å². The maximum Gasteiger partial charge on any atom is 0.231 e. The Morgan fingerprint density at radius 2 is 2.26 bits per heavy atom. The summed E-state index contributed by atoms with van der Waals surface area (Å²) in [4.78, 5) is 26.5. The summed E-state index contributed by atoms with van der Waals surface area (Å²) in [5, 5.41) is 3.19. The molecular weight excluding hydrogens is 292 g/mol. The van der Waals surface area contributed by atoms with Crippen molar-refractivity contribution in [1.29, 1.82) is 0 Å². The Morgan fingerprint density at radius 1 is 1.39 bits per heavy atom. The average Bonchev–Trinajstić information content (AvgIpc) is 2.95. The number of carbonyl (C=O) groups is 1. The Labute approximate surface area is 135 Å². The summed E-state index contributed by atoms with van der Waals surface area (Å²) < 4.78 is 0. The first-order chi connectivity index (χ1) is 11.1. The van der Waals surface area contributed by atoms with Gasteiger partial charge < -0.3 is 11.1 Å². The van der Waals surface area contributed by atoms with E-state index in [2.05, 4.69) is 25.2 Å². The Morgan fingerprint density at radius 3 is 3.00 bits per heavy atom. The zero-order valence-electron chi connectivity index (χ0n) is 13.1. The van der Waals surface area contributed by atoms with Crippen molar-refractivity contribution in [2.24, 2.45) is 5.73 Å². The van der Waals surface area contributed by atoms with Gasteiger partial charge in [-0.3, -0.25) is 9.69 Å². The molecule has 0 spiro atoms. The lowest BCUT2D eigenvalue weighted by atomic mass is 10.1. The number of aryl methyl sites for hydroxylation is 1. The van der Waals surface area contributed by atoms with Gasteiger partial charge in [-0.15, -0.1) is 0 Å². The quantitative estimate of drug-likeness (QED) is 0.869. The number of nitrogens with zero attached hydrogens (tertiary/aromatic N) is 4. The minimum atomic E-state index is -0.311. The van der Waals surface area contributed by atoms with Crippen LogP contribution in [0, 0.1) is 6.92 Å². The Balaban J connectivity index is 1.84. The normalized spacial score (nSPS) is 18.0. The molecule has 2 aromatic heterocycles. The van der Waals surface area contributed by atoms with E-state index in [1.165, 1.54) is 0 Å². The van der Waals surface area contributed by atoms with Gasteiger partial charge in [0.2, 0.25) is 5.91 Å². The fourth-order valence-corrected chi connectivity index (χ4v) is 2.94. The van der Waals surface area contributed by atoms with Crippen molar-refractivity contribution in [2.75, 3.05) is 18.4 Å². The van der Waals surface area contributed by atoms with Gasteiger partial charge in [0.1, 0.15) is 17.5 Å². The minimum absolute atomic E-state index is 0.105. The van der Waals surface area contributed by atoms with E-state index in [9.17, 15) is 4.79 Å². The van der Waals surface area contributed by atoms with Crippen LogP contribution in [-0.4, -0.2) is 38.8 Å². The van der Waals surface area contributed by atoms with Gasteiger partial charge in [-0.2, -0.15) is 0 Å². The molecule has 7 nitrogen and oxygen atoms in total. The lowest BCUT2D eigenvalue weighted by Crippen LogP contribution is -2.33. The summed E-state index contributed by atoms with van der Waals surface area (Å²) >= 11 is 0. The van der Waals surface area contributed by atoms with E-state index in [4.69, 9.17) is 5.73 Å². The number of amides is 1. The predicted octanol–water partition coefficient (Wildman–Crippen LogP) is 1.55. The summed E-state index contributed by atoms with van der Waals surface area (Å²) in [6, 6.07) is 7.68. The first kappa shape index (κ1) is 15.4. The maximum absolute atomic E-state index is 11.2.